The van der Waals surface area contributed by atoms with Crippen molar-refractivity contribution < 1.29 is 4.79 Å². The Bertz CT molecular complexity index is 544. The van der Waals surface area contributed by atoms with Crippen molar-refractivity contribution in [2.24, 2.45) is 5.73 Å². The first-order chi connectivity index (χ1) is 9.28. The van der Waals surface area contributed by atoms with Crippen molar-refractivity contribution in [3.63, 3.8) is 0 Å². The SMILES string of the molecule is NCc1ccc(CNC(=O)/C=C/c2cccs2)cc1. The molecule has 2 aromatic rings. The number of rotatable bonds is 5. The molecule has 1 heterocycles. The number of carbonyl (C=O) groups excluding carboxylic acids is 1. The number of amides is 1. The first kappa shape index (κ1) is 13.5. The highest BCUT2D eigenvalue weighted by atomic mass is 32.1. The van der Waals surface area contributed by atoms with Gasteiger partial charge in [0.15, 0.2) is 0 Å². The van der Waals surface area contributed by atoms with Crippen molar-refractivity contribution in [1.82, 2.24) is 5.32 Å². The van der Waals surface area contributed by atoms with Crippen molar-refractivity contribution in [2.45, 2.75) is 13.1 Å². The first-order valence-electron chi connectivity index (χ1n) is 6.05. The molecule has 1 aromatic carbocycles. The molecule has 0 fully saturated rings. The molecule has 3 N–H and O–H groups in total. The second-order valence-electron chi connectivity index (χ2n) is 4.09. The predicted octanol–water partition coefficient (Wildman–Crippen LogP) is 2.54. The maximum Gasteiger partial charge on any atom is 0.244 e. The molecule has 0 aliphatic rings. The van der Waals surface area contributed by atoms with Crippen molar-refractivity contribution in [3.8, 4) is 0 Å². The lowest BCUT2D eigenvalue weighted by Gasteiger charge is -2.03. The second-order valence-corrected chi connectivity index (χ2v) is 5.07. The quantitative estimate of drug-likeness (QED) is 0.822. The summed E-state index contributed by atoms with van der Waals surface area (Å²) >= 11 is 1.60. The van der Waals surface area contributed by atoms with Gasteiger partial charge in [0.1, 0.15) is 0 Å². The van der Waals surface area contributed by atoms with Gasteiger partial charge in [-0.15, -0.1) is 11.3 Å². The minimum absolute atomic E-state index is 0.0868. The third-order valence-electron chi connectivity index (χ3n) is 2.67. The summed E-state index contributed by atoms with van der Waals surface area (Å²) in [4.78, 5) is 12.7. The normalized spacial score (nSPS) is 10.8. The summed E-state index contributed by atoms with van der Waals surface area (Å²) in [6, 6.07) is 11.8. The zero-order valence-electron chi connectivity index (χ0n) is 10.5. The number of hydrogen-bond acceptors (Lipinski definition) is 3. The second kappa shape index (κ2) is 6.87. The topological polar surface area (TPSA) is 55.1 Å². The molecule has 0 radical (unpaired) electrons. The Morgan fingerprint density at radius 2 is 1.95 bits per heavy atom. The third kappa shape index (κ3) is 4.35. The molecule has 98 valence electrons. The Morgan fingerprint density at radius 1 is 1.21 bits per heavy atom. The summed E-state index contributed by atoms with van der Waals surface area (Å²) in [6.07, 6.45) is 3.37. The number of carbonyl (C=O) groups is 1. The van der Waals surface area contributed by atoms with Crippen molar-refractivity contribution in [3.05, 3.63) is 63.9 Å². The molecule has 0 aliphatic heterocycles. The Balaban J connectivity index is 1.82. The molecule has 19 heavy (non-hydrogen) atoms. The average Bonchev–Trinajstić information content (AvgIpc) is 2.96. The molecule has 1 amide bonds. The molecule has 1 aromatic heterocycles. The van der Waals surface area contributed by atoms with E-state index in [0.29, 0.717) is 13.1 Å². The molecule has 0 saturated carbocycles. The van der Waals surface area contributed by atoms with Crippen LogP contribution in [0.4, 0.5) is 0 Å². The van der Waals surface area contributed by atoms with E-state index in [9.17, 15) is 4.79 Å². The van der Waals surface area contributed by atoms with E-state index in [1.807, 2.05) is 47.9 Å². The minimum atomic E-state index is -0.0868. The summed E-state index contributed by atoms with van der Waals surface area (Å²) in [5.74, 6) is -0.0868. The van der Waals surface area contributed by atoms with Crippen LogP contribution in [0.5, 0.6) is 0 Å². The van der Waals surface area contributed by atoms with Gasteiger partial charge in [0.05, 0.1) is 0 Å². The Morgan fingerprint density at radius 3 is 2.58 bits per heavy atom. The molecule has 0 aliphatic carbocycles. The van der Waals surface area contributed by atoms with Crippen molar-refractivity contribution in [2.75, 3.05) is 0 Å². The maximum absolute atomic E-state index is 11.6. The summed E-state index contributed by atoms with van der Waals surface area (Å²) < 4.78 is 0. The molecule has 0 atom stereocenters. The minimum Gasteiger partial charge on any atom is -0.348 e. The highest BCUT2D eigenvalue weighted by molar-refractivity contribution is 7.10. The standard InChI is InChI=1S/C15H16N2OS/c16-10-12-3-5-13(6-4-12)11-17-15(18)8-7-14-2-1-9-19-14/h1-9H,10-11,16H2,(H,17,18)/b8-7+. The highest BCUT2D eigenvalue weighted by Gasteiger charge is 1.97. The number of nitrogens with one attached hydrogen (secondary N) is 1. The number of hydrogen-bond donors (Lipinski definition) is 2. The fourth-order valence-electron chi connectivity index (χ4n) is 1.59. The van der Waals surface area contributed by atoms with Crippen LogP contribution in [0, 0.1) is 0 Å². The van der Waals surface area contributed by atoms with Crippen molar-refractivity contribution >= 4 is 23.3 Å². The molecule has 3 nitrogen and oxygen atoms in total. The van der Waals surface area contributed by atoms with E-state index in [0.717, 1.165) is 16.0 Å². The van der Waals surface area contributed by atoms with Crippen LogP contribution in [0.3, 0.4) is 0 Å². The molecular weight excluding hydrogens is 256 g/mol. The lowest BCUT2D eigenvalue weighted by Crippen LogP contribution is -2.20. The van der Waals surface area contributed by atoms with Crippen LogP contribution >= 0.6 is 11.3 Å². The predicted molar refractivity (Wildman–Crippen MR) is 79.5 cm³/mol. The zero-order chi connectivity index (χ0) is 13.5. The van der Waals surface area contributed by atoms with Gasteiger partial charge in [0, 0.05) is 24.0 Å². The van der Waals surface area contributed by atoms with E-state index in [1.54, 1.807) is 17.4 Å². The maximum atomic E-state index is 11.6. The Kier molecular flexibility index (Phi) is 4.89. The molecule has 0 spiro atoms. The average molecular weight is 272 g/mol. The van der Waals surface area contributed by atoms with E-state index in [-0.39, 0.29) is 5.91 Å². The van der Waals surface area contributed by atoms with Gasteiger partial charge in [-0.05, 0) is 28.6 Å². The van der Waals surface area contributed by atoms with E-state index in [1.165, 1.54) is 0 Å². The molecule has 2 rings (SSSR count). The molecule has 0 saturated heterocycles. The Labute approximate surface area is 116 Å². The summed E-state index contributed by atoms with van der Waals surface area (Å²) in [6.45, 7) is 1.06. The van der Waals surface area contributed by atoms with Crippen LogP contribution in [0.25, 0.3) is 6.08 Å². The Hall–Kier alpha value is -1.91. The molecule has 0 bridgehead atoms. The summed E-state index contributed by atoms with van der Waals surface area (Å²) in [5, 5.41) is 4.83. The molecule has 4 heteroatoms. The first-order valence-corrected chi connectivity index (χ1v) is 6.93. The molecular formula is C15H16N2OS. The zero-order valence-corrected chi connectivity index (χ0v) is 11.3. The van der Waals surface area contributed by atoms with Gasteiger partial charge in [0.2, 0.25) is 5.91 Å². The van der Waals surface area contributed by atoms with Gasteiger partial charge < -0.3 is 11.1 Å². The fraction of sp³-hybridized carbons (Fsp3) is 0.133. The van der Waals surface area contributed by atoms with Gasteiger partial charge in [0.25, 0.3) is 0 Å². The highest BCUT2D eigenvalue weighted by Crippen LogP contribution is 2.10. The fourth-order valence-corrected chi connectivity index (χ4v) is 2.20. The summed E-state index contributed by atoms with van der Waals surface area (Å²) in [5.41, 5.74) is 7.69. The number of thiophene rings is 1. The van der Waals surface area contributed by atoms with Crippen LogP contribution in [-0.4, -0.2) is 5.91 Å². The number of benzene rings is 1. The van der Waals surface area contributed by atoms with Crippen LogP contribution in [0.2, 0.25) is 0 Å². The third-order valence-corrected chi connectivity index (χ3v) is 3.51. The van der Waals surface area contributed by atoms with E-state index < -0.39 is 0 Å². The van der Waals surface area contributed by atoms with E-state index in [2.05, 4.69) is 5.32 Å². The van der Waals surface area contributed by atoms with Gasteiger partial charge >= 0.3 is 0 Å². The van der Waals surface area contributed by atoms with Gasteiger partial charge in [-0.25, -0.2) is 0 Å². The lowest BCUT2D eigenvalue weighted by molar-refractivity contribution is -0.116. The van der Waals surface area contributed by atoms with Gasteiger partial charge in [-0.1, -0.05) is 30.3 Å². The van der Waals surface area contributed by atoms with E-state index >= 15 is 0 Å². The van der Waals surface area contributed by atoms with Gasteiger partial charge in [-0.2, -0.15) is 0 Å². The van der Waals surface area contributed by atoms with Crippen LogP contribution in [-0.2, 0) is 17.9 Å². The van der Waals surface area contributed by atoms with Crippen molar-refractivity contribution in [1.29, 1.82) is 0 Å². The van der Waals surface area contributed by atoms with Crippen LogP contribution < -0.4 is 11.1 Å². The molecule has 0 unspecified atom stereocenters. The van der Waals surface area contributed by atoms with Crippen LogP contribution in [0.1, 0.15) is 16.0 Å². The smallest absolute Gasteiger partial charge is 0.244 e. The lowest BCUT2D eigenvalue weighted by atomic mass is 10.1. The monoisotopic (exact) mass is 272 g/mol. The van der Waals surface area contributed by atoms with Gasteiger partial charge in [-0.3, -0.25) is 4.79 Å². The van der Waals surface area contributed by atoms with E-state index in [4.69, 9.17) is 5.73 Å². The summed E-state index contributed by atoms with van der Waals surface area (Å²) in [7, 11) is 0. The largest absolute Gasteiger partial charge is 0.348 e. The van der Waals surface area contributed by atoms with Crippen LogP contribution in [0.15, 0.2) is 47.9 Å². The number of nitrogens with two attached hydrogens (primary N) is 1.